The summed E-state index contributed by atoms with van der Waals surface area (Å²) in [5.74, 6) is 0. The first-order valence-corrected chi connectivity index (χ1v) is 11.1. The van der Waals surface area contributed by atoms with E-state index in [1.165, 1.54) is 10.4 Å². The van der Waals surface area contributed by atoms with Gasteiger partial charge in [0.1, 0.15) is 11.5 Å². The minimum absolute atomic E-state index is 0.00263. The molecule has 0 bridgehead atoms. The number of ether oxygens (including phenoxy) is 1. The number of sulfonamides is 1. The number of nitrogens with zero attached hydrogens (tertiary/aromatic N) is 2. The molecule has 0 spiro atoms. The molecule has 0 atom stereocenters. The Bertz CT molecular complexity index is 1020. The number of fused-ring (bicyclic) bond motifs is 1. The monoisotopic (exact) mass is 440 g/mol. The molecular formula is C19H18Cl2N2O4S. The van der Waals surface area contributed by atoms with Crippen LogP contribution in [0, 0.1) is 0 Å². The van der Waals surface area contributed by atoms with E-state index >= 15 is 0 Å². The van der Waals surface area contributed by atoms with Crippen molar-refractivity contribution in [2.45, 2.75) is 30.4 Å². The highest BCUT2D eigenvalue weighted by molar-refractivity contribution is 7.89. The number of carbonyl (C=O) groups is 1. The number of amides is 1. The second kappa shape index (κ2) is 7.55. The van der Waals surface area contributed by atoms with E-state index in [-0.39, 0.29) is 40.7 Å². The summed E-state index contributed by atoms with van der Waals surface area (Å²) in [6.45, 7) is 0.815. The molecule has 2 aliphatic rings. The third-order valence-corrected chi connectivity index (χ3v) is 7.99. The van der Waals surface area contributed by atoms with Crippen LogP contribution in [0.3, 0.4) is 0 Å². The molecule has 0 radical (unpaired) electrons. The lowest BCUT2D eigenvalue weighted by atomic mass is 10.0. The summed E-state index contributed by atoms with van der Waals surface area (Å²) in [6.07, 6.45) is 0.611. The Kier molecular flexibility index (Phi) is 5.26. The van der Waals surface area contributed by atoms with E-state index in [0.717, 1.165) is 11.3 Å². The Labute approximate surface area is 173 Å². The topological polar surface area (TPSA) is 66.9 Å². The number of rotatable bonds is 3. The van der Waals surface area contributed by atoms with Crippen LogP contribution >= 0.6 is 23.2 Å². The summed E-state index contributed by atoms with van der Waals surface area (Å²) in [7, 11) is -3.76. The first-order valence-electron chi connectivity index (χ1n) is 8.87. The smallest absolute Gasteiger partial charge is 0.414 e. The highest BCUT2D eigenvalue weighted by atomic mass is 35.5. The zero-order valence-corrected chi connectivity index (χ0v) is 17.2. The standard InChI is InChI=1S/C19H18Cl2N2O4S/c20-15-5-3-7-17(18(15)21)28(25,26)22-10-8-14(9-11-22)23-16-6-2-1-4-13(16)12-27-19(23)24/h1-7,14H,8-12H2. The quantitative estimate of drug-likeness (QED) is 0.713. The van der Waals surface area contributed by atoms with Gasteiger partial charge in [0, 0.05) is 24.7 Å². The van der Waals surface area contributed by atoms with Crippen LogP contribution < -0.4 is 4.90 Å². The van der Waals surface area contributed by atoms with E-state index in [1.807, 2.05) is 24.3 Å². The summed E-state index contributed by atoms with van der Waals surface area (Å²) in [4.78, 5) is 14.0. The SMILES string of the molecule is O=C1OCc2ccccc2N1C1CCN(S(=O)(=O)c2cccc(Cl)c2Cl)CC1. The van der Waals surface area contributed by atoms with Gasteiger partial charge in [-0.2, -0.15) is 4.31 Å². The van der Waals surface area contributed by atoms with Gasteiger partial charge in [-0.3, -0.25) is 4.90 Å². The van der Waals surface area contributed by atoms with Gasteiger partial charge in [0.15, 0.2) is 0 Å². The number of anilines is 1. The summed E-state index contributed by atoms with van der Waals surface area (Å²) in [6, 6.07) is 12.0. The number of carbonyl (C=O) groups excluding carboxylic acids is 1. The second-order valence-corrected chi connectivity index (χ2v) is 9.43. The van der Waals surface area contributed by atoms with Crippen LogP contribution in [0.15, 0.2) is 47.4 Å². The van der Waals surface area contributed by atoms with E-state index in [2.05, 4.69) is 0 Å². The van der Waals surface area contributed by atoms with Gasteiger partial charge in [0.25, 0.3) is 0 Å². The summed E-state index contributed by atoms with van der Waals surface area (Å²) in [5, 5.41) is 0.227. The van der Waals surface area contributed by atoms with Gasteiger partial charge in [-0.15, -0.1) is 0 Å². The van der Waals surface area contributed by atoms with Crippen LogP contribution in [-0.4, -0.2) is 37.9 Å². The van der Waals surface area contributed by atoms with E-state index < -0.39 is 16.1 Å². The van der Waals surface area contributed by atoms with Gasteiger partial charge >= 0.3 is 6.09 Å². The zero-order chi connectivity index (χ0) is 19.9. The Hall–Kier alpha value is -1.80. The van der Waals surface area contributed by atoms with Gasteiger partial charge < -0.3 is 4.74 Å². The van der Waals surface area contributed by atoms with Crippen molar-refractivity contribution >= 4 is 45.0 Å². The fourth-order valence-corrected chi connectivity index (χ4v) is 5.89. The lowest BCUT2D eigenvalue weighted by Gasteiger charge is -2.39. The molecule has 1 amide bonds. The van der Waals surface area contributed by atoms with Crippen LogP contribution in [-0.2, 0) is 21.4 Å². The molecule has 2 aliphatic heterocycles. The maximum Gasteiger partial charge on any atom is 0.414 e. The predicted molar refractivity (Wildman–Crippen MR) is 107 cm³/mol. The van der Waals surface area contributed by atoms with Gasteiger partial charge in [-0.05, 0) is 31.0 Å². The van der Waals surface area contributed by atoms with Gasteiger partial charge in [-0.25, -0.2) is 13.2 Å². The largest absolute Gasteiger partial charge is 0.444 e. The van der Waals surface area contributed by atoms with Crippen LogP contribution in [0.2, 0.25) is 10.0 Å². The summed E-state index contributed by atoms with van der Waals surface area (Å²) < 4.78 is 32.6. The van der Waals surface area contributed by atoms with Crippen LogP contribution in [0.1, 0.15) is 18.4 Å². The minimum atomic E-state index is -3.76. The molecule has 1 saturated heterocycles. The molecule has 2 aromatic rings. The fraction of sp³-hybridized carbons (Fsp3) is 0.316. The summed E-state index contributed by atoms with van der Waals surface area (Å²) >= 11 is 12.1. The predicted octanol–water partition coefficient (Wildman–Crippen LogP) is 4.30. The molecule has 4 rings (SSSR count). The number of hydrogen-bond donors (Lipinski definition) is 0. The fourth-order valence-electron chi connectivity index (χ4n) is 3.68. The Morgan fingerprint density at radius 3 is 2.46 bits per heavy atom. The molecule has 6 nitrogen and oxygen atoms in total. The number of hydrogen-bond acceptors (Lipinski definition) is 4. The molecule has 28 heavy (non-hydrogen) atoms. The molecule has 0 aliphatic carbocycles. The number of para-hydroxylation sites is 1. The van der Waals surface area contributed by atoms with Crippen molar-refractivity contribution < 1.29 is 17.9 Å². The maximum absolute atomic E-state index is 13.0. The maximum atomic E-state index is 13.0. The van der Waals surface area contributed by atoms with Crippen LogP contribution in [0.4, 0.5) is 10.5 Å². The molecule has 2 aromatic carbocycles. The molecule has 0 aromatic heterocycles. The van der Waals surface area contributed by atoms with E-state index in [1.54, 1.807) is 17.0 Å². The highest BCUT2D eigenvalue weighted by Gasteiger charge is 2.37. The molecule has 0 saturated carbocycles. The van der Waals surface area contributed by atoms with Crippen molar-refractivity contribution in [3.05, 3.63) is 58.1 Å². The molecular weight excluding hydrogens is 423 g/mol. The third-order valence-electron chi connectivity index (χ3n) is 5.12. The zero-order valence-electron chi connectivity index (χ0n) is 14.8. The van der Waals surface area contributed by atoms with Crippen molar-refractivity contribution in [3.8, 4) is 0 Å². The van der Waals surface area contributed by atoms with Gasteiger partial charge in [-0.1, -0.05) is 47.5 Å². The van der Waals surface area contributed by atoms with Crippen LogP contribution in [0.25, 0.3) is 0 Å². The second-order valence-electron chi connectivity index (χ2n) is 6.74. The first kappa shape index (κ1) is 19.5. The Morgan fingerprint density at radius 2 is 1.71 bits per heavy atom. The number of benzene rings is 2. The molecule has 2 heterocycles. The van der Waals surface area contributed by atoms with E-state index in [0.29, 0.717) is 12.8 Å². The van der Waals surface area contributed by atoms with Crippen molar-refractivity contribution in [1.29, 1.82) is 0 Å². The average molecular weight is 441 g/mol. The average Bonchev–Trinajstić information content (AvgIpc) is 2.70. The van der Waals surface area contributed by atoms with Crippen molar-refractivity contribution in [3.63, 3.8) is 0 Å². The van der Waals surface area contributed by atoms with Crippen molar-refractivity contribution in [2.24, 2.45) is 0 Å². The lowest BCUT2D eigenvalue weighted by Crippen LogP contribution is -2.50. The normalized spacial score (nSPS) is 18.6. The summed E-state index contributed by atoms with van der Waals surface area (Å²) in [5.41, 5.74) is 1.78. The highest BCUT2D eigenvalue weighted by Crippen LogP contribution is 2.35. The number of piperidine rings is 1. The molecule has 0 unspecified atom stereocenters. The van der Waals surface area contributed by atoms with Gasteiger partial charge in [0.05, 0.1) is 15.7 Å². The van der Waals surface area contributed by atoms with Gasteiger partial charge in [0.2, 0.25) is 10.0 Å². The Balaban J connectivity index is 1.54. The number of halogens is 2. The van der Waals surface area contributed by atoms with E-state index in [4.69, 9.17) is 27.9 Å². The molecule has 1 fully saturated rings. The first-order chi connectivity index (χ1) is 13.4. The van der Waals surface area contributed by atoms with Crippen LogP contribution in [0.5, 0.6) is 0 Å². The van der Waals surface area contributed by atoms with Crippen molar-refractivity contribution in [2.75, 3.05) is 18.0 Å². The van der Waals surface area contributed by atoms with E-state index in [9.17, 15) is 13.2 Å². The number of cyclic esters (lactones) is 1. The third kappa shape index (κ3) is 3.37. The van der Waals surface area contributed by atoms with Crippen molar-refractivity contribution in [1.82, 2.24) is 4.31 Å². The molecule has 9 heteroatoms. The molecule has 0 N–H and O–H groups in total. The lowest BCUT2D eigenvalue weighted by molar-refractivity contribution is 0.136. The Morgan fingerprint density at radius 1 is 1.00 bits per heavy atom. The molecule has 148 valence electrons. The minimum Gasteiger partial charge on any atom is -0.444 e.